The molecule has 0 spiro atoms. The van der Waals surface area contributed by atoms with Gasteiger partial charge in [0.25, 0.3) is 0 Å². The third-order valence-corrected chi connectivity index (χ3v) is 2.73. The fraction of sp³-hybridized carbons (Fsp3) is 0.917. The highest BCUT2D eigenvalue weighted by Gasteiger charge is 2.05. The first-order valence-corrected chi connectivity index (χ1v) is 6.20. The van der Waals surface area contributed by atoms with Crippen molar-refractivity contribution in [3.63, 3.8) is 0 Å². The van der Waals surface area contributed by atoms with Gasteiger partial charge in [-0.1, -0.05) is 0 Å². The van der Waals surface area contributed by atoms with Crippen molar-refractivity contribution in [3.8, 4) is 0 Å². The summed E-state index contributed by atoms with van der Waals surface area (Å²) < 4.78 is 0. The largest absolute Gasteiger partial charge is 0.329 e. The van der Waals surface area contributed by atoms with E-state index in [9.17, 15) is 4.79 Å². The minimum absolute atomic E-state index is 0.220. The van der Waals surface area contributed by atoms with Crippen LogP contribution in [0.2, 0.25) is 0 Å². The van der Waals surface area contributed by atoms with E-state index in [1.54, 1.807) is 6.92 Å². The molecule has 5 heteroatoms. The number of rotatable bonds is 10. The molecule has 0 radical (unpaired) electrons. The van der Waals surface area contributed by atoms with Gasteiger partial charge >= 0.3 is 0 Å². The lowest BCUT2D eigenvalue weighted by Crippen LogP contribution is -2.37. The van der Waals surface area contributed by atoms with Gasteiger partial charge in [0.05, 0.1) is 6.54 Å². The van der Waals surface area contributed by atoms with Crippen LogP contribution in [0.5, 0.6) is 0 Å². The third kappa shape index (κ3) is 10.4. The summed E-state index contributed by atoms with van der Waals surface area (Å²) in [6, 6.07) is 0. The van der Waals surface area contributed by atoms with Crippen LogP contribution in [0.25, 0.3) is 0 Å². The van der Waals surface area contributed by atoms with Gasteiger partial charge in [-0.15, -0.1) is 0 Å². The van der Waals surface area contributed by atoms with Gasteiger partial charge in [-0.2, -0.15) is 0 Å². The molecule has 0 aromatic heterocycles. The lowest BCUT2D eigenvalue weighted by atomic mass is 10.4. The average Bonchev–Trinajstić information content (AvgIpc) is 2.23. The standard InChI is InChI=1S/C12H28N4O/c1-12(17)11-16(4)10-9-15(3)8-7-14(2)6-5-13/h5-11,13H2,1-4H3. The Bertz CT molecular complexity index is 211. The van der Waals surface area contributed by atoms with Crippen molar-refractivity contribution < 1.29 is 4.79 Å². The molecule has 0 bridgehead atoms. The highest BCUT2D eigenvalue weighted by atomic mass is 16.1. The molecule has 0 aromatic carbocycles. The van der Waals surface area contributed by atoms with Gasteiger partial charge < -0.3 is 15.5 Å². The first kappa shape index (κ1) is 16.5. The molecule has 0 saturated carbocycles. The number of carbonyl (C=O) groups is 1. The molecule has 0 aliphatic carbocycles. The fourth-order valence-electron chi connectivity index (χ4n) is 1.59. The molecule has 0 aromatic rings. The Kier molecular flexibility index (Phi) is 9.26. The van der Waals surface area contributed by atoms with E-state index < -0.39 is 0 Å². The summed E-state index contributed by atoms with van der Waals surface area (Å²) in [5.41, 5.74) is 5.49. The molecular formula is C12H28N4O. The zero-order valence-corrected chi connectivity index (χ0v) is 11.8. The van der Waals surface area contributed by atoms with Crippen LogP contribution in [-0.2, 0) is 4.79 Å². The quantitative estimate of drug-likeness (QED) is 0.552. The van der Waals surface area contributed by atoms with Crippen molar-refractivity contribution in [1.82, 2.24) is 14.7 Å². The van der Waals surface area contributed by atoms with Gasteiger partial charge in [-0.3, -0.25) is 9.69 Å². The normalized spacial score (nSPS) is 11.8. The first-order valence-electron chi connectivity index (χ1n) is 6.20. The lowest BCUT2D eigenvalue weighted by Gasteiger charge is -2.23. The molecule has 0 aliphatic heterocycles. The maximum Gasteiger partial charge on any atom is 0.143 e. The summed E-state index contributed by atoms with van der Waals surface area (Å²) in [5, 5.41) is 0. The van der Waals surface area contributed by atoms with Crippen LogP contribution in [0, 0.1) is 0 Å². The molecule has 0 aliphatic rings. The first-order chi connectivity index (χ1) is 7.95. The summed E-state index contributed by atoms with van der Waals surface area (Å²) in [4.78, 5) is 17.5. The number of hydrogen-bond donors (Lipinski definition) is 1. The van der Waals surface area contributed by atoms with E-state index in [4.69, 9.17) is 5.73 Å². The van der Waals surface area contributed by atoms with Gasteiger partial charge in [0.15, 0.2) is 0 Å². The maximum absolute atomic E-state index is 10.9. The molecule has 5 nitrogen and oxygen atoms in total. The van der Waals surface area contributed by atoms with Crippen molar-refractivity contribution in [2.75, 3.05) is 67.0 Å². The number of likely N-dealkylation sites (N-methyl/N-ethyl adjacent to an activating group) is 3. The van der Waals surface area contributed by atoms with Crippen LogP contribution < -0.4 is 5.73 Å². The van der Waals surface area contributed by atoms with Gasteiger partial charge in [0.1, 0.15) is 5.78 Å². The van der Waals surface area contributed by atoms with Crippen molar-refractivity contribution >= 4 is 5.78 Å². The van der Waals surface area contributed by atoms with E-state index in [1.165, 1.54) is 0 Å². The molecule has 0 unspecified atom stereocenters. The summed E-state index contributed by atoms with van der Waals surface area (Å²) in [6.45, 7) is 7.80. The van der Waals surface area contributed by atoms with E-state index in [2.05, 4.69) is 28.8 Å². The minimum atomic E-state index is 0.220. The van der Waals surface area contributed by atoms with Crippen LogP contribution in [-0.4, -0.2) is 87.4 Å². The maximum atomic E-state index is 10.9. The molecule has 2 N–H and O–H groups in total. The van der Waals surface area contributed by atoms with Crippen LogP contribution in [0.1, 0.15) is 6.92 Å². The van der Waals surface area contributed by atoms with Crippen molar-refractivity contribution in [1.29, 1.82) is 0 Å². The minimum Gasteiger partial charge on any atom is -0.329 e. The summed E-state index contributed by atoms with van der Waals surface area (Å²) in [7, 11) is 6.18. The van der Waals surface area contributed by atoms with Crippen molar-refractivity contribution in [2.24, 2.45) is 5.73 Å². The third-order valence-electron chi connectivity index (χ3n) is 2.73. The number of nitrogens with zero attached hydrogens (tertiary/aromatic N) is 3. The fourth-order valence-corrected chi connectivity index (χ4v) is 1.59. The monoisotopic (exact) mass is 244 g/mol. The molecule has 0 saturated heterocycles. The van der Waals surface area contributed by atoms with E-state index in [1.807, 2.05) is 7.05 Å². The lowest BCUT2D eigenvalue weighted by molar-refractivity contribution is -0.117. The summed E-state index contributed by atoms with van der Waals surface area (Å²) in [5.74, 6) is 0.220. The van der Waals surface area contributed by atoms with E-state index >= 15 is 0 Å². The average molecular weight is 244 g/mol. The van der Waals surface area contributed by atoms with E-state index in [-0.39, 0.29) is 5.78 Å². The van der Waals surface area contributed by atoms with E-state index in [0.717, 1.165) is 32.7 Å². The van der Waals surface area contributed by atoms with Crippen LogP contribution in [0.15, 0.2) is 0 Å². The Morgan fingerprint density at radius 3 is 1.71 bits per heavy atom. The van der Waals surface area contributed by atoms with Crippen molar-refractivity contribution in [2.45, 2.75) is 6.92 Å². The van der Waals surface area contributed by atoms with Crippen LogP contribution in [0.3, 0.4) is 0 Å². The molecule has 17 heavy (non-hydrogen) atoms. The SMILES string of the molecule is CC(=O)CN(C)CCN(C)CCN(C)CCN. The molecule has 0 fully saturated rings. The molecule has 102 valence electrons. The molecule has 0 rings (SSSR count). The highest BCUT2D eigenvalue weighted by Crippen LogP contribution is 1.89. The van der Waals surface area contributed by atoms with E-state index in [0.29, 0.717) is 13.1 Å². The van der Waals surface area contributed by atoms with Gasteiger partial charge in [0, 0.05) is 39.3 Å². The number of nitrogens with two attached hydrogens (primary N) is 1. The van der Waals surface area contributed by atoms with Gasteiger partial charge in [-0.25, -0.2) is 0 Å². The Hall–Kier alpha value is -0.490. The molecule has 0 atom stereocenters. The zero-order valence-electron chi connectivity index (χ0n) is 11.8. The second-order valence-electron chi connectivity index (χ2n) is 4.84. The predicted octanol–water partition coefficient (Wildman–Crippen LogP) is -0.670. The molecular weight excluding hydrogens is 216 g/mol. The molecule has 0 amide bonds. The van der Waals surface area contributed by atoms with Gasteiger partial charge in [-0.05, 0) is 28.1 Å². The number of Topliss-reactive ketones (excluding diaryl/α,β-unsaturated/α-hetero) is 1. The predicted molar refractivity (Wildman–Crippen MR) is 72.2 cm³/mol. The Labute approximate surface area is 106 Å². The summed E-state index contributed by atoms with van der Waals surface area (Å²) >= 11 is 0. The number of carbonyl (C=O) groups excluding carboxylic acids is 1. The number of hydrogen-bond acceptors (Lipinski definition) is 5. The smallest absolute Gasteiger partial charge is 0.143 e. The zero-order chi connectivity index (χ0) is 13.3. The van der Waals surface area contributed by atoms with Crippen LogP contribution in [0.4, 0.5) is 0 Å². The topological polar surface area (TPSA) is 52.8 Å². The van der Waals surface area contributed by atoms with Crippen LogP contribution >= 0.6 is 0 Å². The van der Waals surface area contributed by atoms with Crippen molar-refractivity contribution in [3.05, 3.63) is 0 Å². The summed E-state index contributed by atoms with van der Waals surface area (Å²) in [6.07, 6.45) is 0. The second kappa shape index (κ2) is 9.53. The number of ketones is 1. The molecule has 0 heterocycles. The Balaban J connectivity index is 3.58. The Morgan fingerprint density at radius 2 is 1.29 bits per heavy atom. The Morgan fingerprint density at radius 1 is 0.882 bits per heavy atom. The highest BCUT2D eigenvalue weighted by molar-refractivity contribution is 5.77. The van der Waals surface area contributed by atoms with Gasteiger partial charge in [0.2, 0.25) is 0 Å². The second-order valence-corrected chi connectivity index (χ2v) is 4.84.